The molecule has 1 aliphatic rings. The molecular weight excluding hydrogens is 286 g/mol. The number of likely N-dealkylation sites (tertiary alicyclic amines) is 1. The number of amides is 2. The Morgan fingerprint density at radius 3 is 2.76 bits per heavy atom. The summed E-state index contributed by atoms with van der Waals surface area (Å²) in [6, 6.07) is 1.47. The summed E-state index contributed by atoms with van der Waals surface area (Å²) in [6.45, 7) is 0.0657. The second kappa shape index (κ2) is 6.04. The summed E-state index contributed by atoms with van der Waals surface area (Å²) in [5.74, 6) is -3.47. The van der Waals surface area contributed by atoms with E-state index in [1.165, 1.54) is 19.2 Å². The maximum atomic E-state index is 13.5. The minimum Gasteiger partial charge on any atom is -0.480 e. The van der Waals surface area contributed by atoms with Crippen molar-refractivity contribution in [1.82, 2.24) is 4.90 Å². The molecule has 1 fully saturated rings. The predicted octanol–water partition coefficient (Wildman–Crippen LogP) is 1.67. The van der Waals surface area contributed by atoms with E-state index in [-0.39, 0.29) is 18.7 Å². The molecule has 0 bridgehead atoms. The lowest BCUT2D eigenvalue weighted by atomic mass is 10.2. The number of carboxylic acids is 1. The van der Waals surface area contributed by atoms with Gasteiger partial charge in [-0.25, -0.2) is 18.4 Å². The van der Waals surface area contributed by atoms with Gasteiger partial charge in [-0.15, -0.1) is 0 Å². The molecule has 1 aromatic rings. The van der Waals surface area contributed by atoms with Gasteiger partial charge in [0, 0.05) is 20.1 Å². The largest absolute Gasteiger partial charge is 0.480 e. The lowest BCUT2D eigenvalue weighted by Gasteiger charge is -2.21. The number of hydrogen-bond acceptors (Lipinski definition) is 3. The molecule has 2 N–H and O–H groups in total. The topological polar surface area (TPSA) is 78.9 Å². The van der Waals surface area contributed by atoms with Crippen molar-refractivity contribution < 1.29 is 28.2 Å². The van der Waals surface area contributed by atoms with E-state index in [0.717, 1.165) is 11.0 Å². The number of hydrogen-bond donors (Lipinski definition) is 2. The molecule has 0 spiro atoms. The molecule has 0 saturated carbocycles. The van der Waals surface area contributed by atoms with Gasteiger partial charge in [0.05, 0.1) is 11.8 Å². The first kappa shape index (κ1) is 15.2. The van der Waals surface area contributed by atoms with E-state index < -0.39 is 35.8 Å². The van der Waals surface area contributed by atoms with Gasteiger partial charge in [0.2, 0.25) is 0 Å². The summed E-state index contributed by atoms with van der Waals surface area (Å²) in [6.07, 6.45) is -0.264. The number of urea groups is 1. The summed E-state index contributed by atoms with van der Waals surface area (Å²) in [7, 11) is 1.41. The molecule has 1 saturated heterocycles. The van der Waals surface area contributed by atoms with E-state index in [2.05, 4.69) is 5.32 Å². The van der Waals surface area contributed by atoms with Crippen LogP contribution in [0.1, 0.15) is 6.42 Å². The number of rotatable bonds is 3. The van der Waals surface area contributed by atoms with Crippen LogP contribution in [0.2, 0.25) is 0 Å². The Labute approximate surface area is 119 Å². The van der Waals surface area contributed by atoms with Crippen LogP contribution < -0.4 is 5.32 Å². The number of methoxy groups -OCH3 is 1. The predicted molar refractivity (Wildman–Crippen MR) is 68.9 cm³/mol. The van der Waals surface area contributed by atoms with Crippen molar-refractivity contribution in [3.63, 3.8) is 0 Å². The van der Waals surface area contributed by atoms with Crippen LogP contribution in [0, 0.1) is 11.6 Å². The number of aliphatic carboxylic acids is 1. The zero-order chi connectivity index (χ0) is 15.6. The van der Waals surface area contributed by atoms with Gasteiger partial charge in [-0.1, -0.05) is 6.07 Å². The molecule has 2 amide bonds. The third-order valence-corrected chi connectivity index (χ3v) is 3.34. The van der Waals surface area contributed by atoms with E-state index in [0.29, 0.717) is 0 Å². The van der Waals surface area contributed by atoms with E-state index in [1.54, 1.807) is 0 Å². The highest BCUT2D eigenvalue weighted by atomic mass is 19.2. The van der Waals surface area contributed by atoms with Crippen LogP contribution in [0.5, 0.6) is 0 Å². The number of halogens is 2. The van der Waals surface area contributed by atoms with Crippen LogP contribution in [0.3, 0.4) is 0 Å². The molecule has 0 radical (unpaired) electrons. The first-order valence-corrected chi connectivity index (χ1v) is 6.21. The summed E-state index contributed by atoms with van der Waals surface area (Å²) in [5.41, 5.74) is -0.343. The van der Waals surface area contributed by atoms with E-state index in [4.69, 9.17) is 9.84 Å². The summed E-state index contributed by atoms with van der Waals surface area (Å²) in [5, 5.41) is 11.3. The molecular formula is C13H14F2N2O4. The van der Waals surface area contributed by atoms with Crippen LogP contribution in [-0.4, -0.2) is 47.8 Å². The second-order valence-corrected chi connectivity index (χ2v) is 4.63. The summed E-state index contributed by atoms with van der Waals surface area (Å²) < 4.78 is 31.6. The fourth-order valence-corrected chi connectivity index (χ4v) is 2.21. The standard InChI is InChI=1S/C13H14F2N2O4/c1-21-7-5-10(12(18)19)17(6-7)13(20)16-9-4-2-3-8(14)11(9)15/h2-4,7,10H,5-6H2,1H3,(H,16,20)(H,18,19). The monoisotopic (exact) mass is 300 g/mol. The summed E-state index contributed by atoms with van der Waals surface area (Å²) in [4.78, 5) is 24.2. The smallest absolute Gasteiger partial charge is 0.326 e. The van der Waals surface area contributed by atoms with Crippen LogP contribution in [-0.2, 0) is 9.53 Å². The molecule has 1 heterocycles. The molecule has 1 aromatic carbocycles. The number of ether oxygens (including phenoxy) is 1. The highest BCUT2D eigenvalue weighted by Gasteiger charge is 2.40. The Bertz CT molecular complexity index is 567. The third kappa shape index (κ3) is 3.10. The van der Waals surface area contributed by atoms with Crippen molar-refractivity contribution in [1.29, 1.82) is 0 Å². The van der Waals surface area contributed by atoms with Gasteiger partial charge in [0.25, 0.3) is 0 Å². The Morgan fingerprint density at radius 1 is 1.43 bits per heavy atom. The van der Waals surface area contributed by atoms with Gasteiger partial charge < -0.3 is 20.1 Å². The van der Waals surface area contributed by atoms with Crippen molar-refractivity contribution in [3.05, 3.63) is 29.8 Å². The molecule has 0 aliphatic carbocycles. The molecule has 2 atom stereocenters. The zero-order valence-electron chi connectivity index (χ0n) is 11.2. The molecule has 1 aliphatic heterocycles. The Balaban J connectivity index is 2.15. The molecule has 6 nitrogen and oxygen atoms in total. The van der Waals surface area contributed by atoms with Crippen molar-refractivity contribution in [3.8, 4) is 0 Å². The lowest BCUT2D eigenvalue weighted by molar-refractivity contribution is -0.141. The van der Waals surface area contributed by atoms with E-state index in [1.807, 2.05) is 0 Å². The van der Waals surface area contributed by atoms with Crippen molar-refractivity contribution in [2.45, 2.75) is 18.6 Å². The molecule has 2 unspecified atom stereocenters. The maximum absolute atomic E-state index is 13.5. The van der Waals surface area contributed by atoms with Crippen LogP contribution >= 0.6 is 0 Å². The molecule has 8 heteroatoms. The molecule has 2 rings (SSSR count). The quantitative estimate of drug-likeness (QED) is 0.890. The van der Waals surface area contributed by atoms with Gasteiger partial charge in [0.1, 0.15) is 6.04 Å². The number of benzene rings is 1. The van der Waals surface area contributed by atoms with Crippen LogP contribution in [0.25, 0.3) is 0 Å². The van der Waals surface area contributed by atoms with Gasteiger partial charge in [-0.3, -0.25) is 0 Å². The third-order valence-electron chi connectivity index (χ3n) is 3.34. The molecule has 0 aromatic heterocycles. The second-order valence-electron chi connectivity index (χ2n) is 4.63. The Hall–Kier alpha value is -2.22. The van der Waals surface area contributed by atoms with Crippen LogP contribution in [0.4, 0.5) is 19.3 Å². The van der Waals surface area contributed by atoms with Gasteiger partial charge in [-0.2, -0.15) is 0 Å². The van der Waals surface area contributed by atoms with E-state index >= 15 is 0 Å². The number of carbonyl (C=O) groups is 2. The summed E-state index contributed by atoms with van der Waals surface area (Å²) >= 11 is 0. The number of carbonyl (C=O) groups excluding carboxylic acids is 1. The lowest BCUT2D eigenvalue weighted by Crippen LogP contribution is -2.43. The van der Waals surface area contributed by atoms with Gasteiger partial charge in [0.15, 0.2) is 11.6 Å². The van der Waals surface area contributed by atoms with Gasteiger partial charge in [-0.05, 0) is 12.1 Å². The Kier molecular flexibility index (Phi) is 4.37. The fraction of sp³-hybridized carbons (Fsp3) is 0.385. The average Bonchev–Trinajstić information content (AvgIpc) is 2.88. The van der Waals surface area contributed by atoms with Crippen molar-refractivity contribution in [2.75, 3.05) is 19.0 Å². The normalized spacial score (nSPS) is 21.4. The maximum Gasteiger partial charge on any atom is 0.326 e. The number of nitrogens with one attached hydrogen (secondary N) is 1. The highest BCUT2D eigenvalue weighted by Crippen LogP contribution is 2.23. The first-order chi connectivity index (χ1) is 9.93. The average molecular weight is 300 g/mol. The minimum absolute atomic E-state index is 0.0657. The Morgan fingerprint density at radius 2 is 2.14 bits per heavy atom. The zero-order valence-corrected chi connectivity index (χ0v) is 11.2. The number of carboxylic acid groups (broad SMARTS) is 1. The fourth-order valence-electron chi connectivity index (χ4n) is 2.21. The number of nitrogens with zero attached hydrogens (tertiary/aromatic N) is 1. The first-order valence-electron chi connectivity index (χ1n) is 6.21. The molecule has 21 heavy (non-hydrogen) atoms. The minimum atomic E-state index is -1.19. The van der Waals surface area contributed by atoms with E-state index in [9.17, 15) is 18.4 Å². The van der Waals surface area contributed by atoms with Gasteiger partial charge >= 0.3 is 12.0 Å². The highest BCUT2D eigenvalue weighted by molar-refractivity contribution is 5.92. The van der Waals surface area contributed by atoms with Crippen molar-refractivity contribution in [2.24, 2.45) is 0 Å². The van der Waals surface area contributed by atoms with Crippen LogP contribution in [0.15, 0.2) is 18.2 Å². The SMILES string of the molecule is COC1CC(C(=O)O)N(C(=O)Nc2cccc(F)c2F)C1. The molecule has 114 valence electrons. The van der Waals surface area contributed by atoms with Crippen molar-refractivity contribution >= 4 is 17.7 Å². The number of anilines is 1.